The van der Waals surface area contributed by atoms with Crippen molar-refractivity contribution >= 4 is 111 Å². The van der Waals surface area contributed by atoms with Crippen molar-refractivity contribution in [3.05, 3.63) is 159 Å². The van der Waals surface area contributed by atoms with Crippen LogP contribution in [0.2, 0.25) is 15.1 Å². The third-order valence-electron chi connectivity index (χ3n) is 10.4. The van der Waals surface area contributed by atoms with Gasteiger partial charge in [-0.1, -0.05) is 77.1 Å². The molecule has 6 N–H and O–H groups in total. The molecule has 6 aromatic rings. The van der Waals surface area contributed by atoms with Crippen LogP contribution in [0.4, 0.5) is 22.7 Å². The highest BCUT2D eigenvalue weighted by molar-refractivity contribution is 7.93. The maximum Gasteiger partial charge on any atom is 0.255 e. The zero-order valence-electron chi connectivity index (χ0n) is 37.7. The molecule has 2 unspecified atom stereocenters. The lowest BCUT2D eigenvalue weighted by Gasteiger charge is -2.17. The standard InChI is InChI=1S/C24H22Cl2N2O5S.C24H23ClN2O7S2/c1-3-22(34(32,33)17-10-8-16(25)9-11-17)24(31)27-19-13-21(29)20(12-18(19)26)28-23(30)15-6-4-14(2)5-7-15;1-14-4-8-18(9-5-14)36(33,34)15(2)23(29)26-20-13-22(28)21(12-19(20)25)27-24(30)16-6-10-17(11-7-16)35(3,31)32/h4-13,22,29H,3H2,1-2H3,(H,27,31)(H,28,30);4-13,15,28H,1-3H3,(H,26,29)(H,27,30). The van der Waals surface area contributed by atoms with Gasteiger partial charge in [0, 0.05) is 34.5 Å². The van der Waals surface area contributed by atoms with Gasteiger partial charge in [-0.3, -0.25) is 19.2 Å². The second kappa shape index (κ2) is 22.5. The normalized spacial score (nSPS) is 12.3. The lowest BCUT2D eigenvalue weighted by molar-refractivity contribution is -0.116. The molecule has 6 rings (SSSR count). The number of phenolic OH excluding ortho intramolecular Hbond substituents is 2. The van der Waals surface area contributed by atoms with Gasteiger partial charge in [0.2, 0.25) is 11.8 Å². The molecule has 0 aliphatic heterocycles. The fourth-order valence-corrected chi connectivity index (χ4v) is 10.4. The van der Waals surface area contributed by atoms with Crippen LogP contribution in [0.1, 0.15) is 52.1 Å². The monoisotopic (exact) mass is 1070 g/mol. The van der Waals surface area contributed by atoms with Crippen LogP contribution in [-0.4, -0.2) is 75.9 Å². The highest BCUT2D eigenvalue weighted by Crippen LogP contribution is 2.36. The lowest BCUT2D eigenvalue weighted by atomic mass is 10.1. The number of aromatic hydroxyl groups is 2. The number of aryl methyl sites for hydroxylation is 2. The summed E-state index contributed by atoms with van der Waals surface area (Å²) in [5.41, 5.74) is 2.28. The summed E-state index contributed by atoms with van der Waals surface area (Å²) < 4.78 is 74.6. The summed E-state index contributed by atoms with van der Waals surface area (Å²) in [6, 6.07) is 28.3. The summed E-state index contributed by atoms with van der Waals surface area (Å²) in [6.45, 7) is 6.51. The lowest BCUT2D eigenvalue weighted by Crippen LogP contribution is -2.34. The smallest absolute Gasteiger partial charge is 0.255 e. The summed E-state index contributed by atoms with van der Waals surface area (Å²) >= 11 is 18.3. The van der Waals surface area contributed by atoms with E-state index in [2.05, 4.69) is 21.3 Å². The van der Waals surface area contributed by atoms with Crippen LogP contribution in [0.15, 0.2) is 136 Å². The summed E-state index contributed by atoms with van der Waals surface area (Å²) in [5, 5.41) is 28.0. The van der Waals surface area contributed by atoms with Gasteiger partial charge < -0.3 is 31.5 Å². The minimum absolute atomic E-state index is 0.00209. The Morgan fingerprint density at radius 1 is 0.514 bits per heavy atom. The minimum Gasteiger partial charge on any atom is -0.506 e. The van der Waals surface area contributed by atoms with Crippen molar-refractivity contribution in [3.8, 4) is 11.5 Å². The first-order valence-corrected chi connectivity index (χ1v) is 26.8. The number of halogens is 3. The fraction of sp³-hybridized carbons (Fsp3) is 0.167. The summed E-state index contributed by atoms with van der Waals surface area (Å²) in [6.07, 6.45) is 1.05. The highest BCUT2D eigenvalue weighted by Gasteiger charge is 2.34. The van der Waals surface area contributed by atoms with Gasteiger partial charge in [0.1, 0.15) is 22.0 Å². The number of phenols is 2. The van der Waals surface area contributed by atoms with Gasteiger partial charge in [-0.25, -0.2) is 25.3 Å². The molecule has 0 aliphatic rings. The molecule has 0 spiro atoms. The number of anilines is 4. The molecule has 0 saturated heterocycles. The van der Waals surface area contributed by atoms with Crippen molar-refractivity contribution < 1.29 is 54.6 Å². The van der Waals surface area contributed by atoms with Gasteiger partial charge in [0.25, 0.3) is 11.8 Å². The van der Waals surface area contributed by atoms with Gasteiger partial charge >= 0.3 is 0 Å². The van der Waals surface area contributed by atoms with Crippen LogP contribution in [0.5, 0.6) is 11.5 Å². The van der Waals surface area contributed by atoms with Crippen molar-refractivity contribution in [2.75, 3.05) is 27.5 Å². The predicted octanol–water partition coefficient (Wildman–Crippen LogP) is 9.26. The van der Waals surface area contributed by atoms with E-state index in [-0.39, 0.29) is 65.2 Å². The largest absolute Gasteiger partial charge is 0.506 e. The summed E-state index contributed by atoms with van der Waals surface area (Å²) in [7, 11) is -11.4. The van der Waals surface area contributed by atoms with E-state index in [9.17, 15) is 54.6 Å². The minimum atomic E-state index is -4.00. The van der Waals surface area contributed by atoms with E-state index in [4.69, 9.17) is 34.8 Å². The Bertz CT molecular complexity index is 3300. The van der Waals surface area contributed by atoms with Crippen LogP contribution in [0.3, 0.4) is 0 Å². The van der Waals surface area contributed by atoms with Crippen LogP contribution >= 0.6 is 34.8 Å². The molecule has 6 aromatic carbocycles. The number of benzene rings is 6. The van der Waals surface area contributed by atoms with Crippen molar-refractivity contribution in [2.24, 2.45) is 0 Å². The molecule has 16 nitrogen and oxygen atoms in total. The number of rotatable bonds is 14. The first-order valence-electron chi connectivity index (χ1n) is 20.7. The van der Waals surface area contributed by atoms with E-state index in [0.29, 0.717) is 10.6 Å². The molecule has 0 saturated carbocycles. The summed E-state index contributed by atoms with van der Waals surface area (Å²) in [5.74, 6) is -3.56. The number of carbonyl (C=O) groups is 4. The van der Waals surface area contributed by atoms with Crippen molar-refractivity contribution in [1.82, 2.24) is 0 Å². The average molecular weight is 1070 g/mol. The van der Waals surface area contributed by atoms with E-state index in [1.807, 2.05) is 13.8 Å². The second-order valence-corrected chi connectivity index (χ2v) is 23.3. The Labute approximate surface area is 419 Å². The second-order valence-electron chi connectivity index (χ2n) is 15.6. The Hall–Kier alpha value is -6.48. The van der Waals surface area contributed by atoms with Crippen molar-refractivity contribution in [1.29, 1.82) is 0 Å². The average Bonchev–Trinajstić information content (AvgIpc) is 3.30. The van der Waals surface area contributed by atoms with Gasteiger partial charge in [-0.05, 0) is 112 Å². The van der Waals surface area contributed by atoms with Gasteiger partial charge in [-0.2, -0.15) is 0 Å². The molecule has 0 radical (unpaired) electrons. The van der Waals surface area contributed by atoms with Gasteiger partial charge in [0.05, 0.1) is 47.5 Å². The first-order chi connectivity index (χ1) is 32.7. The number of carbonyl (C=O) groups excluding carboxylic acids is 4. The van der Waals surface area contributed by atoms with Crippen LogP contribution in [-0.2, 0) is 39.1 Å². The number of sulfone groups is 3. The van der Waals surface area contributed by atoms with Crippen LogP contribution in [0.25, 0.3) is 0 Å². The Morgan fingerprint density at radius 3 is 1.31 bits per heavy atom. The molecule has 0 aromatic heterocycles. The predicted molar refractivity (Wildman–Crippen MR) is 271 cm³/mol. The number of hydrogen-bond acceptors (Lipinski definition) is 12. The molecule has 0 bridgehead atoms. The number of hydrogen-bond donors (Lipinski definition) is 6. The van der Waals surface area contributed by atoms with E-state index >= 15 is 0 Å². The molecular formula is C48H45Cl3N4O12S3. The molecule has 0 heterocycles. The molecule has 4 amide bonds. The van der Waals surface area contributed by atoms with Crippen molar-refractivity contribution in [2.45, 2.75) is 59.3 Å². The third-order valence-corrected chi connectivity index (χ3v) is 16.7. The first kappa shape index (κ1) is 54.5. The topological polar surface area (TPSA) is 259 Å². The molecular weight excluding hydrogens is 1030 g/mol. The Morgan fingerprint density at radius 2 is 0.886 bits per heavy atom. The number of nitrogens with one attached hydrogen (secondary N) is 4. The molecule has 368 valence electrons. The number of amides is 4. The fourth-order valence-electron chi connectivity index (χ4n) is 6.32. The maximum absolute atomic E-state index is 13.0. The Kier molecular flexibility index (Phi) is 17.5. The molecule has 0 fully saturated rings. The Balaban J connectivity index is 0.000000261. The summed E-state index contributed by atoms with van der Waals surface area (Å²) in [4.78, 5) is 50.4. The maximum atomic E-state index is 13.0. The zero-order chi connectivity index (χ0) is 51.9. The van der Waals surface area contributed by atoms with E-state index in [1.54, 1.807) is 43.3 Å². The molecule has 0 aliphatic carbocycles. The van der Waals surface area contributed by atoms with Crippen LogP contribution < -0.4 is 21.3 Å². The quantitative estimate of drug-likeness (QED) is 0.0558. The van der Waals surface area contributed by atoms with Gasteiger partial charge in [0.15, 0.2) is 29.5 Å². The molecule has 22 heteroatoms. The van der Waals surface area contributed by atoms with Crippen molar-refractivity contribution in [3.63, 3.8) is 0 Å². The third kappa shape index (κ3) is 13.4. The van der Waals surface area contributed by atoms with Crippen LogP contribution in [0, 0.1) is 13.8 Å². The zero-order valence-corrected chi connectivity index (χ0v) is 42.5. The highest BCUT2D eigenvalue weighted by atomic mass is 35.5. The van der Waals surface area contributed by atoms with E-state index in [0.717, 1.165) is 29.5 Å². The SMILES string of the molecule is CCC(C(=O)Nc1cc(O)c(NC(=O)c2ccc(C)cc2)cc1Cl)S(=O)(=O)c1ccc(Cl)cc1.Cc1ccc(S(=O)(=O)C(C)C(=O)Nc2cc(O)c(NC(=O)c3ccc(S(C)(=O)=O)cc3)cc2Cl)cc1. The molecule has 2 atom stereocenters. The molecule has 70 heavy (non-hydrogen) atoms. The van der Waals surface area contributed by atoms with E-state index in [1.165, 1.54) is 79.7 Å². The van der Waals surface area contributed by atoms with Gasteiger partial charge in [-0.15, -0.1) is 0 Å². The van der Waals surface area contributed by atoms with E-state index < -0.39 is 69.4 Å².